The molecule has 0 radical (unpaired) electrons. The van der Waals surface area contributed by atoms with Gasteiger partial charge in [-0.15, -0.1) is 0 Å². The average Bonchev–Trinajstić information content (AvgIpc) is 2.46. The highest BCUT2D eigenvalue weighted by molar-refractivity contribution is 5.43. The Morgan fingerprint density at radius 3 is 1.43 bits per heavy atom. The minimum absolute atomic E-state index is 0.388. The molecule has 0 aliphatic heterocycles. The zero-order valence-corrected chi connectivity index (χ0v) is 13.4. The first-order valence-corrected chi connectivity index (χ1v) is 7.15. The molecule has 0 aliphatic rings. The number of phenols is 1. The molecule has 0 heterocycles. The van der Waals surface area contributed by atoms with Gasteiger partial charge in [-0.25, -0.2) is 0 Å². The van der Waals surface area contributed by atoms with Gasteiger partial charge in [0.2, 0.25) is 0 Å². The number of hydrogen-bond donors (Lipinski definition) is 5. The van der Waals surface area contributed by atoms with E-state index in [0.717, 1.165) is 11.1 Å². The second kappa shape index (κ2) is 9.00. The molecule has 1 aromatic rings. The van der Waals surface area contributed by atoms with E-state index in [4.69, 9.17) is 21.1 Å². The summed E-state index contributed by atoms with van der Waals surface area (Å²) in [5.74, 6) is 1.25. The van der Waals surface area contributed by atoms with Gasteiger partial charge in [0, 0.05) is 0 Å². The highest BCUT2D eigenvalue weighted by atomic mass is 16.3. The van der Waals surface area contributed by atoms with Gasteiger partial charge < -0.3 is 26.2 Å². The SMILES string of the molecule is CC(C)c1cccc(C(C)C)c1O.NC(CO)(CO)CO. The van der Waals surface area contributed by atoms with Crippen LogP contribution in [0.25, 0.3) is 0 Å². The summed E-state index contributed by atoms with van der Waals surface area (Å²) in [6.07, 6.45) is 0. The van der Waals surface area contributed by atoms with Gasteiger partial charge in [-0.2, -0.15) is 0 Å². The van der Waals surface area contributed by atoms with E-state index < -0.39 is 25.4 Å². The maximum absolute atomic E-state index is 9.93. The number of para-hydroxylation sites is 1. The number of hydrogen-bond acceptors (Lipinski definition) is 5. The monoisotopic (exact) mass is 299 g/mol. The van der Waals surface area contributed by atoms with Crippen molar-refractivity contribution in [1.82, 2.24) is 0 Å². The van der Waals surface area contributed by atoms with Crippen LogP contribution in [0.1, 0.15) is 50.7 Å². The lowest BCUT2D eigenvalue weighted by atomic mass is 9.94. The maximum Gasteiger partial charge on any atom is 0.122 e. The van der Waals surface area contributed by atoms with Crippen LogP contribution in [0.15, 0.2) is 18.2 Å². The molecule has 122 valence electrons. The van der Waals surface area contributed by atoms with E-state index in [9.17, 15) is 5.11 Å². The molecule has 0 spiro atoms. The first-order valence-electron chi connectivity index (χ1n) is 7.15. The Morgan fingerprint density at radius 2 is 1.24 bits per heavy atom. The molecule has 5 nitrogen and oxygen atoms in total. The highest BCUT2D eigenvalue weighted by Gasteiger charge is 2.20. The predicted octanol–water partition coefficient (Wildman–Crippen LogP) is 1.30. The van der Waals surface area contributed by atoms with E-state index in [1.54, 1.807) is 0 Å². The summed E-state index contributed by atoms with van der Waals surface area (Å²) in [6.45, 7) is 7.18. The van der Waals surface area contributed by atoms with Crippen LogP contribution < -0.4 is 5.73 Å². The number of nitrogens with two attached hydrogens (primary N) is 1. The summed E-state index contributed by atoms with van der Waals surface area (Å²) in [5.41, 5.74) is 6.03. The molecule has 0 saturated carbocycles. The normalized spacial score (nSPS) is 11.5. The van der Waals surface area contributed by atoms with Crippen molar-refractivity contribution in [3.8, 4) is 5.75 Å². The van der Waals surface area contributed by atoms with Crippen molar-refractivity contribution in [2.45, 2.75) is 45.1 Å². The van der Waals surface area contributed by atoms with Crippen LogP contribution in [0.3, 0.4) is 0 Å². The van der Waals surface area contributed by atoms with E-state index in [2.05, 4.69) is 27.7 Å². The number of benzene rings is 1. The van der Waals surface area contributed by atoms with Gasteiger partial charge >= 0.3 is 0 Å². The van der Waals surface area contributed by atoms with Crippen molar-refractivity contribution < 1.29 is 20.4 Å². The Kier molecular flexibility index (Phi) is 8.51. The molecule has 1 aromatic carbocycles. The fraction of sp³-hybridized carbons (Fsp3) is 0.625. The van der Waals surface area contributed by atoms with E-state index in [-0.39, 0.29) is 0 Å². The zero-order chi connectivity index (χ0) is 16.6. The number of aliphatic hydroxyl groups excluding tert-OH is 3. The number of rotatable bonds is 5. The fourth-order valence-electron chi connectivity index (χ4n) is 1.66. The van der Waals surface area contributed by atoms with Crippen molar-refractivity contribution >= 4 is 0 Å². The predicted molar refractivity (Wildman–Crippen MR) is 84.5 cm³/mol. The number of aliphatic hydroxyl groups is 3. The minimum Gasteiger partial charge on any atom is -0.507 e. The van der Waals surface area contributed by atoms with Gasteiger partial charge in [0.1, 0.15) is 5.75 Å². The topological polar surface area (TPSA) is 107 Å². The summed E-state index contributed by atoms with van der Waals surface area (Å²) in [5, 5.41) is 35.0. The Balaban J connectivity index is 0.000000433. The summed E-state index contributed by atoms with van der Waals surface area (Å²) < 4.78 is 0. The number of aromatic hydroxyl groups is 1. The summed E-state index contributed by atoms with van der Waals surface area (Å²) in [4.78, 5) is 0. The fourth-order valence-corrected chi connectivity index (χ4v) is 1.66. The zero-order valence-electron chi connectivity index (χ0n) is 13.4. The largest absolute Gasteiger partial charge is 0.507 e. The summed E-state index contributed by atoms with van der Waals surface area (Å²) in [7, 11) is 0. The molecule has 0 atom stereocenters. The van der Waals surface area contributed by atoms with Crippen molar-refractivity contribution in [1.29, 1.82) is 0 Å². The molecule has 0 aromatic heterocycles. The standard InChI is InChI=1S/C12H18O.C4H11NO3/c1-8(2)10-6-5-7-11(9(3)4)12(10)13;5-4(1-6,2-7)3-8/h5-9,13H,1-4H3;6-8H,1-3,5H2. The van der Waals surface area contributed by atoms with E-state index >= 15 is 0 Å². The molecule has 1 rings (SSSR count). The molecular weight excluding hydrogens is 270 g/mol. The Labute approximate surface area is 127 Å². The molecular formula is C16H29NO4. The molecule has 0 aliphatic carbocycles. The van der Waals surface area contributed by atoms with Crippen molar-refractivity contribution in [3.05, 3.63) is 29.3 Å². The van der Waals surface area contributed by atoms with Gasteiger partial charge in [-0.05, 0) is 23.0 Å². The maximum atomic E-state index is 9.93. The van der Waals surface area contributed by atoms with Crippen LogP contribution in [-0.2, 0) is 0 Å². The van der Waals surface area contributed by atoms with Crippen molar-refractivity contribution in [2.24, 2.45) is 5.73 Å². The van der Waals surface area contributed by atoms with Gasteiger partial charge in [-0.3, -0.25) is 0 Å². The van der Waals surface area contributed by atoms with Gasteiger partial charge in [0.25, 0.3) is 0 Å². The Hall–Kier alpha value is -1.14. The first-order chi connectivity index (χ1) is 9.72. The third kappa shape index (κ3) is 6.01. The summed E-state index contributed by atoms with van der Waals surface area (Å²) >= 11 is 0. The smallest absolute Gasteiger partial charge is 0.122 e. The lowest BCUT2D eigenvalue weighted by molar-refractivity contribution is 0.0698. The van der Waals surface area contributed by atoms with Crippen LogP contribution in [0.5, 0.6) is 5.75 Å². The average molecular weight is 299 g/mol. The van der Waals surface area contributed by atoms with Crippen LogP contribution in [-0.4, -0.2) is 45.8 Å². The molecule has 6 N–H and O–H groups in total. The third-order valence-electron chi connectivity index (χ3n) is 3.29. The molecule has 0 amide bonds. The van der Waals surface area contributed by atoms with Gasteiger partial charge in [0.05, 0.1) is 25.4 Å². The lowest BCUT2D eigenvalue weighted by Gasteiger charge is -2.20. The molecule has 0 fully saturated rings. The molecule has 0 saturated heterocycles. The molecule has 5 heteroatoms. The first kappa shape index (κ1) is 19.9. The van der Waals surface area contributed by atoms with E-state index in [0.29, 0.717) is 17.6 Å². The van der Waals surface area contributed by atoms with Gasteiger partial charge in [0.15, 0.2) is 0 Å². The second-order valence-electron chi connectivity index (χ2n) is 5.93. The van der Waals surface area contributed by atoms with Gasteiger partial charge in [-0.1, -0.05) is 45.9 Å². The lowest BCUT2D eigenvalue weighted by Crippen LogP contribution is -2.50. The highest BCUT2D eigenvalue weighted by Crippen LogP contribution is 2.32. The van der Waals surface area contributed by atoms with E-state index in [1.807, 2.05) is 18.2 Å². The van der Waals surface area contributed by atoms with Crippen LogP contribution in [0, 0.1) is 0 Å². The minimum atomic E-state index is -1.21. The molecule has 0 bridgehead atoms. The quantitative estimate of drug-likeness (QED) is 0.563. The Bertz CT molecular complexity index is 380. The third-order valence-corrected chi connectivity index (χ3v) is 3.29. The Morgan fingerprint density at radius 1 is 0.905 bits per heavy atom. The van der Waals surface area contributed by atoms with E-state index in [1.165, 1.54) is 0 Å². The summed E-state index contributed by atoms with van der Waals surface area (Å²) in [6, 6.07) is 6.00. The van der Waals surface area contributed by atoms with Crippen molar-refractivity contribution in [3.63, 3.8) is 0 Å². The van der Waals surface area contributed by atoms with Crippen LogP contribution in [0.4, 0.5) is 0 Å². The van der Waals surface area contributed by atoms with Crippen LogP contribution in [0.2, 0.25) is 0 Å². The molecule has 0 unspecified atom stereocenters. The number of phenolic OH excluding ortho intramolecular Hbond substituents is 1. The van der Waals surface area contributed by atoms with Crippen molar-refractivity contribution in [2.75, 3.05) is 19.8 Å². The van der Waals surface area contributed by atoms with Crippen LogP contribution >= 0.6 is 0 Å². The second-order valence-corrected chi connectivity index (χ2v) is 5.93. The molecule has 21 heavy (non-hydrogen) atoms.